The van der Waals surface area contributed by atoms with Crippen molar-refractivity contribution < 1.29 is 15.3 Å². The number of aliphatic hydroxyl groups is 3. The van der Waals surface area contributed by atoms with Gasteiger partial charge < -0.3 is 15.3 Å². The Labute approximate surface area is 67.5 Å². The van der Waals surface area contributed by atoms with Crippen molar-refractivity contribution in [2.75, 3.05) is 6.61 Å². The van der Waals surface area contributed by atoms with Crippen LogP contribution in [0.5, 0.6) is 0 Å². The Morgan fingerprint density at radius 3 is 2.00 bits per heavy atom. The molecule has 1 saturated carbocycles. The first kappa shape index (κ1) is 9.04. The predicted octanol–water partition coefficient (Wildman–Crippen LogP) is -1.08. The van der Waals surface area contributed by atoms with E-state index in [1.54, 1.807) is 0 Å². The molecule has 0 amide bonds. The molecule has 0 saturated heterocycles. The van der Waals surface area contributed by atoms with Crippen LogP contribution in [0.15, 0.2) is 0 Å². The third-order valence-electron chi connectivity index (χ3n) is 2.68. The lowest BCUT2D eigenvalue weighted by atomic mass is 9.77. The van der Waals surface area contributed by atoms with Gasteiger partial charge in [0.05, 0.1) is 20.1 Å². The number of hydrogen-bond acceptors (Lipinski definition) is 3. The Morgan fingerprint density at radius 2 is 1.82 bits per heavy atom. The molecule has 1 rings (SSSR count). The van der Waals surface area contributed by atoms with E-state index in [0.29, 0.717) is 0 Å². The molecule has 4 heteroatoms. The van der Waals surface area contributed by atoms with Gasteiger partial charge in [-0.25, -0.2) is 0 Å². The molecule has 0 bridgehead atoms. The maximum absolute atomic E-state index is 9.31. The largest absolute Gasteiger partial charge is 0.396 e. The highest BCUT2D eigenvalue weighted by molar-refractivity contribution is 6.12. The van der Waals surface area contributed by atoms with Gasteiger partial charge in [-0.1, -0.05) is 6.92 Å². The number of hydrogen-bond donors (Lipinski definition) is 3. The summed E-state index contributed by atoms with van der Waals surface area (Å²) < 4.78 is 0. The van der Waals surface area contributed by atoms with Gasteiger partial charge >= 0.3 is 0 Å². The second-order valence-electron chi connectivity index (χ2n) is 3.26. The van der Waals surface area contributed by atoms with Crippen LogP contribution in [0.25, 0.3) is 0 Å². The molecule has 0 spiro atoms. The van der Waals surface area contributed by atoms with Gasteiger partial charge in [-0.05, 0) is 11.7 Å². The summed E-state index contributed by atoms with van der Waals surface area (Å²) in [6.07, 6.45) is -1.76. The van der Waals surface area contributed by atoms with E-state index in [-0.39, 0.29) is 18.4 Å². The summed E-state index contributed by atoms with van der Waals surface area (Å²) in [6.45, 7) is 1.71. The molecule has 0 aromatic rings. The van der Waals surface area contributed by atoms with E-state index in [2.05, 4.69) is 0 Å². The molecule has 11 heavy (non-hydrogen) atoms. The van der Waals surface area contributed by atoms with E-state index in [1.807, 2.05) is 6.92 Å². The molecule has 5 atom stereocenters. The quantitative estimate of drug-likeness (QED) is 0.423. The standard InChI is InChI=1S/C7H13BO3/c1-3-4(2-9)6(10)7(11)5(3)8/h3-7,9-11H,2H2,1H3/t3-,4-,5+,6+,7-/m0/s1. The Kier molecular flexibility index (Phi) is 2.57. The summed E-state index contributed by atoms with van der Waals surface area (Å²) in [7, 11) is 5.56. The summed E-state index contributed by atoms with van der Waals surface area (Å²) in [6, 6.07) is 0. The van der Waals surface area contributed by atoms with Gasteiger partial charge in [-0.2, -0.15) is 0 Å². The van der Waals surface area contributed by atoms with Crippen LogP contribution in [0.4, 0.5) is 0 Å². The summed E-state index contributed by atoms with van der Waals surface area (Å²) in [5.74, 6) is -0.716. The zero-order valence-corrected chi connectivity index (χ0v) is 6.51. The molecule has 0 heterocycles. The number of rotatable bonds is 1. The lowest BCUT2D eigenvalue weighted by Crippen LogP contribution is -2.28. The van der Waals surface area contributed by atoms with Crippen molar-refractivity contribution in [2.45, 2.75) is 24.9 Å². The van der Waals surface area contributed by atoms with Crippen LogP contribution in [0.3, 0.4) is 0 Å². The van der Waals surface area contributed by atoms with E-state index < -0.39 is 18.0 Å². The second-order valence-corrected chi connectivity index (χ2v) is 3.26. The normalized spacial score (nSPS) is 51.5. The highest BCUT2D eigenvalue weighted by Gasteiger charge is 2.43. The minimum absolute atomic E-state index is 0.0231. The van der Waals surface area contributed by atoms with Crippen LogP contribution in [0, 0.1) is 11.8 Å². The second kappa shape index (κ2) is 3.13. The van der Waals surface area contributed by atoms with Crippen LogP contribution in [0.1, 0.15) is 6.92 Å². The molecule has 0 unspecified atom stereocenters. The lowest BCUT2D eigenvalue weighted by Gasteiger charge is -2.16. The molecule has 1 fully saturated rings. The van der Waals surface area contributed by atoms with Gasteiger partial charge in [0.25, 0.3) is 0 Å². The molecule has 0 aromatic carbocycles. The highest BCUT2D eigenvalue weighted by atomic mass is 16.3. The Bertz CT molecular complexity index is 128. The average Bonchev–Trinajstić information content (AvgIpc) is 2.17. The Morgan fingerprint density at radius 1 is 1.27 bits per heavy atom. The minimum atomic E-state index is -0.887. The molecule has 0 aromatic heterocycles. The summed E-state index contributed by atoms with van der Waals surface area (Å²) in [4.78, 5) is 0. The fraction of sp³-hybridized carbons (Fsp3) is 1.00. The van der Waals surface area contributed by atoms with Gasteiger partial charge in [0.2, 0.25) is 0 Å². The topological polar surface area (TPSA) is 60.7 Å². The summed E-state index contributed by atoms with van der Waals surface area (Å²) in [5, 5.41) is 27.4. The molecule has 2 radical (unpaired) electrons. The van der Waals surface area contributed by atoms with Crippen molar-refractivity contribution in [3.05, 3.63) is 0 Å². The minimum Gasteiger partial charge on any atom is -0.396 e. The maximum atomic E-state index is 9.31. The van der Waals surface area contributed by atoms with Gasteiger partial charge in [0, 0.05) is 12.5 Å². The predicted molar refractivity (Wildman–Crippen MR) is 41.3 cm³/mol. The lowest BCUT2D eigenvalue weighted by molar-refractivity contribution is 0.00419. The van der Waals surface area contributed by atoms with Crippen LogP contribution in [-0.4, -0.2) is 42.0 Å². The molecule has 1 aliphatic carbocycles. The average molecular weight is 156 g/mol. The van der Waals surface area contributed by atoms with E-state index in [0.717, 1.165) is 0 Å². The van der Waals surface area contributed by atoms with Crippen molar-refractivity contribution >= 4 is 7.85 Å². The van der Waals surface area contributed by atoms with Crippen molar-refractivity contribution in [2.24, 2.45) is 11.8 Å². The monoisotopic (exact) mass is 156 g/mol. The van der Waals surface area contributed by atoms with Crippen LogP contribution in [0.2, 0.25) is 5.82 Å². The first-order chi connectivity index (χ1) is 5.09. The van der Waals surface area contributed by atoms with Crippen molar-refractivity contribution in [3.8, 4) is 0 Å². The van der Waals surface area contributed by atoms with Crippen LogP contribution < -0.4 is 0 Å². The summed E-state index contributed by atoms with van der Waals surface area (Å²) in [5.41, 5.74) is 0. The SMILES string of the molecule is [B][C@@H]1[C@@H](C)[C@H](CO)[C@@H](O)[C@H]1O. The van der Waals surface area contributed by atoms with Crippen LogP contribution in [-0.2, 0) is 0 Å². The maximum Gasteiger partial charge on any atom is 0.0846 e. The van der Waals surface area contributed by atoms with Gasteiger partial charge in [-0.3, -0.25) is 0 Å². The molecular formula is C7H13BO3. The molecule has 0 aliphatic heterocycles. The van der Waals surface area contributed by atoms with E-state index >= 15 is 0 Å². The molecule has 1 aliphatic rings. The van der Waals surface area contributed by atoms with Gasteiger partial charge in [0.15, 0.2) is 0 Å². The van der Waals surface area contributed by atoms with Gasteiger partial charge in [0.1, 0.15) is 0 Å². The van der Waals surface area contributed by atoms with E-state index in [9.17, 15) is 10.2 Å². The highest BCUT2D eigenvalue weighted by Crippen LogP contribution is 2.38. The Hall–Kier alpha value is -0.0551. The first-order valence-corrected chi connectivity index (χ1v) is 3.82. The Balaban J connectivity index is 2.69. The third kappa shape index (κ3) is 1.30. The van der Waals surface area contributed by atoms with Crippen molar-refractivity contribution in [1.29, 1.82) is 0 Å². The molecule has 3 N–H and O–H groups in total. The van der Waals surface area contributed by atoms with Crippen molar-refractivity contribution in [1.82, 2.24) is 0 Å². The van der Waals surface area contributed by atoms with E-state index in [4.69, 9.17) is 13.0 Å². The number of aliphatic hydroxyl groups excluding tert-OH is 3. The first-order valence-electron chi connectivity index (χ1n) is 3.82. The zero-order valence-electron chi connectivity index (χ0n) is 6.51. The van der Waals surface area contributed by atoms with Crippen molar-refractivity contribution in [3.63, 3.8) is 0 Å². The molecule has 3 nitrogen and oxygen atoms in total. The fourth-order valence-electron chi connectivity index (χ4n) is 1.66. The van der Waals surface area contributed by atoms with Gasteiger partial charge in [-0.15, -0.1) is 0 Å². The third-order valence-corrected chi connectivity index (χ3v) is 2.68. The smallest absolute Gasteiger partial charge is 0.0846 e. The fourth-order valence-corrected chi connectivity index (χ4v) is 1.66. The molecule has 62 valence electrons. The molecular weight excluding hydrogens is 143 g/mol. The summed E-state index contributed by atoms with van der Waals surface area (Å²) >= 11 is 0. The zero-order chi connectivity index (χ0) is 8.59. The van der Waals surface area contributed by atoms with Crippen LogP contribution >= 0.6 is 0 Å². The van der Waals surface area contributed by atoms with E-state index in [1.165, 1.54) is 0 Å².